The Kier molecular flexibility index (Phi) is 8.24. The molecule has 1 aliphatic rings. The molecular formula is C53H38N4OSi. The van der Waals surface area contributed by atoms with Crippen LogP contribution in [0.25, 0.3) is 38.9 Å². The number of fused-ring (bicyclic) bond motifs is 6. The molecule has 5 nitrogen and oxygen atoms in total. The Morgan fingerprint density at radius 2 is 1.19 bits per heavy atom. The van der Waals surface area contributed by atoms with Crippen LogP contribution in [0.4, 0.5) is 17.1 Å². The second kappa shape index (κ2) is 14.1. The third-order valence-corrected chi connectivity index (χ3v) is 16.5. The number of rotatable bonds is 7. The molecule has 0 saturated heterocycles. The molecule has 0 fully saturated rings. The lowest BCUT2D eigenvalue weighted by molar-refractivity contribution is -0.586. The highest BCUT2D eigenvalue weighted by Gasteiger charge is 2.51. The largest absolute Gasteiger partial charge is 0.457 e. The molecule has 0 aliphatic carbocycles. The van der Waals surface area contributed by atoms with Crippen LogP contribution >= 0.6 is 0 Å². The van der Waals surface area contributed by atoms with Crippen LogP contribution in [-0.4, -0.2) is 17.6 Å². The van der Waals surface area contributed by atoms with Gasteiger partial charge in [-0.2, -0.15) is 0 Å². The van der Waals surface area contributed by atoms with Crippen molar-refractivity contribution < 1.29 is 9.30 Å². The van der Waals surface area contributed by atoms with E-state index in [0.717, 1.165) is 50.7 Å². The molecule has 0 unspecified atom stereocenters. The summed E-state index contributed by atoms with van der Waals surface area (Å²) >= 11 is 0. The van der Waals surface area contributed by atoms with E-state index in [1.54, 1.807) is 0 Å². The highest BCUT2D eigenvalue weighted by atomic mass is 28.3. The summed E-state index contributed by atoms with van der Waals surface area (Å²) in [6.07, 6.45) is 3.86. The van der Waals surface area contributed by atoms with Crippen molar-refractivity contribution in [3.63, 3.8) is 0 Å². The fourth-order valence-electron chi connectivity index (χ4n) is 9.27. The van der Waals surface area contributed by atoms with Gasteiger partial charge in [-0.25, -0.2) is 4.57 Å². The molecule has 11 rings (SSSR count). The van der Waals surface area contributed by atoms with Crippen LogP contribution in [0.3, 0.4) is 0 Å². The molecule has 0 amide bonds. The molecule has 4 heterocycles. The minimum Gasteiger partial charge on any atom is -0.457 e. The molecule has 3 aromatic heterocycles. The Hall–Kier alpha value is -7.67. The number of anilines is 3. The second-order valence-corrected chi connectivity index (χ2v) is 18.6. The van der Waals surface area contributed by atoms with Gasteiger partial charge in [-0.05, 0) is 95.5 Å². The van der Waals surface area contributed by atoms with Crippen LogP contribution in [0.1, 0.15) is 0 Å². The standard InChI is InChI=1S/C53H38N4OSi/c1-55-35-17-28-46-45-32-33-49-52(51(45)57(53(46)55)40-21-16-23-42(37-40)58-41-22-15-18-38(36-41)47-29-13-14-34-54-47)59(43-24-7-3-8-25-43,44-26-9-4-10-27-44)50-31-12-11-30-48(50)56(49)39-19-5-2-6-20-39/h2-37H,1H2. The third-order valence-electron chi connectivity index (χ3n) is 11.6. The number of aromatic nitrogens is 3. The van der Waals surface area contributed by atoms with Crippen LogP contribution in [0, 0.1) is 7.05 Å². The van der Waals surface area contributed by atoms with Gasteiger partial charge < -0.3 is 14.2 Å². The van der Waals surface area contributed by atoms with Gasteiger partial charge in [0.15, 0.2) is 13.7 Å². The van der Waals surface area contributed by atoms with Crippen LogP contribution < -0.4 is 35.0 Å². The quantitative estimate of drug-likeness (QED) is 0.0920. The van der Waals surface area contributed by atoms with Crippen molar-refractivity contribution in [2.45, 2.75) is 0 Å². The Labute approximate surface area is 344 Å². The van der Waals surface area contributed by atoms with Crippen LogP contribution in [0.15, 0.2) is 219 Å². The summed E-state index contributed by atoms with van der Waals surface area (Å²) in [5.41, 5.74) is 8.51. The molecule has 6 heteroatoms. The molecule has 10 aromatic rings. The molecule has 0 saturated carbocycles. The zero-order valence-electron chi connectivity index (χ0n) is 32.2. The Bertz CT molecular complexity index is 3110. The van der Waals surface area contributed by atoms with Gasteiger partial charge in [-0.15, -0.1) is 0 Å². The summed E-state index contributed by atoms with van der Waals surface area (Å²) in [4.78, 5) is 7.04. The highest BCUT2D eigenvalue weighted by Crippen LogP contribution is 2.42. The van der Waals surface area contributed by atoms with Gasteiger partial charge in [-0.1, -0.05) is 133 Å². The lowest BCUT2D eigenvalue weighted by Crippen LogP contribution is -2.77. The van der Waals surface area contributed by atoms with Crippen molar-refractivity contribution in [1.29, 1.82) is 0 Å². The van der Waals surface area contributed by atoms with E-state index in [1.165, 1.54) is 37.5 Å². The fraction of sp³-hybridized carbons (Fsp3) is 0. The summed E-state index contributed by atoms with van der Waals surface area (Å²) < 4.78 is 11.1. The summed E-state index contributed by atoms with van der Waals surface area (Å²) in [5, 5.41) is 7.60. The summed E-state index contributed by atoms with van der Waals surface area (Å²) in [6.45, 7) is 0. The minimum atomic E-state index is -3.10. The van der Waals surface area contributed by atoms with Gasteiger partial charge >= 0.3 is 0 Å². The Balaban J connectivity index is 1.25. The minimum absolute atomic E-state index is 0.734. The molecule has 0 radical (unpaired) electrons. The van der Waals surface area contributed by atoms with E-state index in [2.05, 4.69) is 185 Å². The summed E-state index contributed by atoms with van der Waals surface area (Å²) in [7, 11) is 1.48. The maximum atomic E-state index is 6.68. The van der Waals surface area contributed by atoms with Crippen molar-refractivity contribution in [2.75, 3.05) is 4.90 Å². The van der Waals surface area contributed by atoms with Crippen LogP contribution in [-0.2, 0) is 0 Å². The monoisotopic (exact) mass is 774 g/mol. The average molecular weight is 775 g/mol. The summed E-state index contributed by atoms with van der Waals surface area (Å²) in [6, 6.07) is 73.8. The lowest BCUT2D eigenvalue weighted by Gasteiger charge is -2.45. The predicted octanol–water partition coefficient (Wildman–Crippen LogP) is 9.73. The molecule has 0 N–H and O–H groups in total. The number of pyridine rings is 2. The Morgan fingerprint density at radius 3 is 1.93 bits per heavy atom. The SMILES string of the molecule is [CH2-][n+]1cccc2c3ccc4c(c3n(-c3cccc(Oc5cccc(-c6ccccn6)c5)c3)c21)[Si](c1ccccc1)(c1ccccc1)c1ccccc1N4c1ccccc1. The van der Waals surface area contributed by atoms with E-state index in [4.69, 9.17) is 4.74 Å². The Morgan fingerprint density at radius 1 is 0.525 bits per heavy atom. The van der Waals surface area contributed by atoms with Gasteiger partial charge in [-0.3, -0.25) is 4.98 Å². The first kappa shape index (κ1) is 34.6. The zero-order valence-corrected chi connectivity index (χ0v) is 33.2. The average Bonchev–Trinajstić information content (AvgIpc) is 3.65. The van der Waals surface area contributed by atoms with E-state index in [9.17, 15) is 0 Å². The highest BCUT2D eigenvalue weighted by molar-refractivity contribution is 7.22. The maximum absolute atomic E-state index is 6.68. The molecule has 280 valence electrons. The van der Waals surface area contributed by atoms with Crippen LogP contribution in [0.5, 0.6) is 11.5 Å². The van der Waals surface area contributed by atoms with E-state index in [-0.39, 0.29) is 0 Å². The molecule has 1 aliphatic heterocycles. The van der Waals surface area contributed by atoms with Gasteiger partial charge in [0.05, 0.1) is 11.4 Å². The molecule has 0 bridgehead atoms. The van der Waals surface area contributed by atoms with E-state index < -0.39 is 8.07 Å². The van der Waals surface area contributed by atoms with E-state index in [1.807, 2.05) is 59.4 Å². The second-order valence-electron chi connectivity index (χ2n) is 14.9. The van der Waals surface area contributed by atoms with Crippen molar-refractivity contribution >= 4 is 67.8 Å². The maximum Gasteiger partial charge on any atom is 0.192 e. The number of nitrogens with zero attached hydrogens (tertiary/aromatic N) is 4. The molecule has 0 atom stereocenters. The topological polar surface area (TPSA) is 34.2 Å². The lowest BCUT2D eigenvalue weighted by atomic mass is 10.1. The van der Waals surface area contributed by atoms with E-state index >= 15 is 0 Å². The first-order chi connectivity index (χ1) is 29.2. The predicted molar refractivity (Wildman–Crippen MR) is 243 cm³/mol. The van der Waals surface area contributed by atoms with Crippen molar-refractivity contribution in [3.05, 3.63) is 226 Å². The number of ether oxygens (including phenoxy) is 1. The first-order valence-corrected chi connectivity index (χ1v) is 21.9. The van der Waals surface area contributed by atoms with Gasteiger partial charge in [0.1, 0.15) is 22.7 Å². The normalized spacial score (nSPS) is 12.9. The first-order valence-electron chi connectivity index (χ1n) is 19.9. The number of hydrogen-bond acceptors (Lipinski definition) is 3. The van der Waals surface area contributed by atoms with Crippen molar-refractivity contribution in [2.24, 2.45) is 0 Å². The molecule has 0 spiro atoms. The molecule has 7 aromatic carbocycles. The molecular weight excluding hydrogens is 737 g/mol. The van der Waals surface area contributed by atoms with Crippen LogP contribution in [0.2, 0.25) is 0 Å². The zero-order chi connectivity index (χ0) is 39.3. The van der Waals surface area contributed by atoms with Gasteiger partial charge in [0.25, 0.3) is 0 Å². The van der Waals surface area contributed by atoms with Crippen molar-refractivity contribution in [1.82, 2.24) is 9.55 Å². The number of benzene rings is 7. The van der Waals surface area contributed by atoms with E-state index in [0.29, 0.717) is 0 Å². The molecule has 59 heavy (non-hydrogen) atoms. The van der Waals surface area contributed by atoms with Crippen molar-refractivity contribution in [3.8, 4) is 28.4 Å². The number of hydrogen-bond donors (Lipinski definition) is 0. The number of para-hydroxylation sites is 2. The van der Waals surface area contributed by atoms with Gasteiger partial charge in [0.2, 0.25) is 0 Å². The summed E-state index contributed by atoms with van der Waals surface area (Å²) in [5.74, 6) is 1.48. The smallest absolute Gasteiger partial charge is 0.192 e. The van der Waals surface area contributed by atoms with Gasteiger partial charge in [0, 0.05) is 45.2 Å². The fourth-order valence-corrected chi connectivity index (χ4v) is 14.6. The third kappa shape index (κ3) is 5.49.